The van der Waals surface area contributed by atoms with Crippen molar-refractivity contribution < 1.29 is 13.6 Å². The summed E-state index contributed by atoms with van der Waals surface area (Å²) >= 11 is 0. The number of carbonyl (C=O) groups is 1. The summed E-state index contributed by atoms with van der Waals surface area (Å²) in [6.07, 6.45) is 3.57. The molecular formula is C18H25F2N3O. The highest BCUT2D eigenvalue weighted by atomic mass is 19.1. The number of halogens is 2. The summed E-state index contributed by atoms with van der Waals surface area (Å²) in [5, 5.41) is 0. The zero-order valence-corrected chi connectivity index (χ0v) is 14.1. The van der Waals surface area contributed by atoms with Crippen molar-refractivity contribution in [2.75, 3.05) is 26.2 Å². The molecule has 1 amide bonds. The summed E-state index contributed by atoms with van der Waals surface area (Å²) in [5.74, 6) is -1.03. The van der Waals surface area contributed by atoms with Gasteiger partial charge in [-0.3, -0.25) is 9.69 Å². The molecule has 0 spiro atoms. The maximum absolute atomic E-state index is 14.0. The molecule has 1 atom stereocenters. The minimum atomic E-state index is -0.684. The molecule has 3 rings (SSSR count). The molecule has 0 aromatic heterocycles. The fourth-order valence-electron chi connectivity index (χ4n) is 3.88. The topological polar surface area (TPSA) is 49.6 Å². The molecule has 1 saturated carbocycles. The number of nitrogens with zero attached hydrogens (tertiary/aromatic N) is 2. The van der Waals surface area contributed by atoms with Crippen LogP contribution in [0.1, 0.15) is 44.2 Å². The summed E-state index contributed by atoms with van der Waals surface area (Å²) in [4.78, 5) is 16.6. The van der Waals surface area contributed by atoms with Gasteiger partial charge in [-0.2, -0.15) is 0 Å². The molecule has 1 aromatic carbocycles. The van der Waals surface area contributed by atoms with Crippen molar-refractivity contribution in [2.45, 2.75) is 44.2 Å². The Kier molecular flexibility index (Phi) is 4.88. The van der Waals surface area contributed by atoms with E-state index < -0.39 is 17.2 Å². The Balaban J connectivity index is 1.61. The van der Waals surface area contributed by atoms with Crippen LogP contribution in [0.5, 0.6) is 0 Å². The second-order valence-corrected chi connectivity index (χ2v) is 7.03. The van der Waals surface area contributed by atoms with Gasteiger partial charge in [0.2, 0.25) is 5.91 Å². The number of piperazine rings is 1. The van der Waals surface area contributed by atoms with Crippen LogP contribution in [0.3, 0.4) is 0 Å². The Bertz CT molecular complexity index is 608. The third-order valence-corrected chi connectivity index (χ3v) is 5.48. The van der Waals surface area contributed by atoms with E-state index in [1.807, 2.05) is 11.8 Å². The van der Waals surface area contributed by atoms with E-state index in [9.17, 15) is 13.6 Å². The van der Waals surface area contributed by atoms with Gasteiger partial charge in [0, 0.05) is 43.9 Å². The summed E-state index contributed by atoms with van der Waals surface area (Å²) < 4.78 is 27.0. The molecule has 1 unspecified atom stereocenters. The highest BCUT2D eigenvalue weighted by Crippen LogP contribution is 2.30. The first kappa shape index (κ1) is 17.3. The maximum atomic E-state index is 14.0. The van der Waals surface area contributed by atoms with Gasteiger partial charge < -0.3 is 10.6 Å². The van der Waals surface area contributed by atoms with Crippen LogP contribution in [0.4, 0.5) is 8.78 Å². The minimum Gasteiger partial charge on any atom is -0.339 e. The lowest BCUT2D eigenvalue weighted by Gasteiger charge is -2.40. The number of benzene rings is 1. The van der Waals surface area contributed by atoms with E-state index in [0.29, 0.717) is 31.7 Å². The lowest BCUT2D eigenvalue weighted by molar-refractivity contribution is -0.139. The fourth-order valence-corrected chi connectivity index (χ4v) is 3.88. The van der Waals surface area contributed by atoms with Crippen molar-refractivity contribution in [3.8, 4) is 0 Å². The van der Waals surface area contributed by atoms with Gasteiger partial charge >= 0.3 is 0 Å². The van der Waals surface area contributed by atoms with E-state index in [4.69, 9.17) is 5.73 Å². The van der Waals surface area contributed by atoms with Gasteiger partial charge in [0.05, 0.1) is 5.54 Å². The number of amides is 1. The number of hydrogen-bond donors (Lipinski definition) is 1. The Morgan fingerprint density at radius 3 is 2.38 bits per heavy atom. The zero-order chi connectivity index (χ0) is 17.3. The third kappa shape index (κ3) is 3.30. The summed E-state index contributed by atoms with van der Waals surface area (Å²) in [6, 6.07) is 3.55. The average Bonchev–Trinajstić information content (AvgIpc) is 3.02. The third-order valence-electron chi connectivity index (χ3n) is 5.48. The van der Waals surface area contributed by atoms with Crippen molar-refractivity contribution in [1.29, 1.82) is 0 Å². The van der Waals surface area contributed by atoms with Crippen molar-refractivity contribution in [3.05, 3.63) is 35.4 Å². The van der Waals surface area contributed by atoms with Crippen LogP contribution in [0.25, 0.3) is 0 Å². The predicted octanol–water partition coefficient (Wildman–Crippen LogP) is 2.44. The van der Waals surface area contributed by atoms with Crippen LogP contribution >= 0.6 is 0 Å². The van der Waals surface area contributed by atoms with Crippen LogP contribution in [0.15, 0.2) is 18.2 Å². The molecule has 132 valence electrons. The lowest BCUT2D eigenvalue weighted by Crippen LogP contribution is -2.58. The van der Waals surface area contributed by atoms with Gasteiger partial charge in [-0.05, 0) is 25.8 Å². The predicted molar refractivity (Wildman–Crippen MR) is 88.3 cm³/mol. The molecule has 2 N–H and O–H groups in total. The van der Waals surface area contributed by atoms with Crippen molar-refractivity contribution in [1.82, 2.24) is 9.80 Å². The first-order valence-corrected chi connectivity index (χ1v) is 8.68. The van der Waals surface area contributed by atoms with Crippen LogP contribution in [-0.2, 0) is 4.79 Å². The Morgan fingerprint density at radius 1 is 1.17 bits per heavy atom. The fraction of sp³-hybridized carbons (Fsp3) is 0.611. The van der Waals surface area contributed by atoms with Crippen LogP contribution in [0, 0.1) is 11.6 Å². The highest BCUT2D eigenvalue weighted by Gasteiger charge is 2.40. The molecule has 1 aromatic rings. The molecule has 2 fully saturated rings. The lowest BCUT2D eigenvalue weighted by atomic mass is 9.96. The second-order valence-electron chi connectivity index (χ2n) is 7.03. The Morgan fingerprint density at radius 2 is 1.79 bits per heavy atom. The molecule has 1 saturated heterocycles. The SMILES string of the molecule is CC(c1ccc(F)cc1F)N1CCN(C(=O)C2(N)CCCC2)CC1. The Hall–Kier alpha value is -1.53. The van der Waals surface area contributed by atoms with Crippen LogP contribution in [0.2, 0.25) is 0 Å². The van der Waals surface area contributed by atoms with Crippen LogP contribution in [-0.4, -0.2) is 47.4 Å². The molecule has 0 radical (unpaired) electrons. The van der Waals surface area contributed by atoms with Gasteiger partial charge in [0.1, 0.15) is 11.6 Å². The Labute approximate surface area is 141 Å². The summed E-state index contributed by atoms with van der Waals surface area (Å²) in [6.45, 7) is 4.45. The number of carbonyl (C=O) groups excluding carboxylic acids is 1. The standard InChI is InChI=1S/C18H25F2N3O/c1-13(15-5-4-14(19)12-16(15)20)22-8-10-23(11-9-22)17(24)18(21)6-2-3-7-18/h4-5,12-13H,2-3,6-11,21H2,1H3. The molecule has 1 aliphatic heterocycles. The molecule has 24 heavy (non-hydrogen) atoms. The van der Waals surface area contributed by atoms with E-state index in [0.717, 1.165) is 31.7 Å². The molecule has 6 heteroatoms. The average molecular weight is 337 g/mol. The van der Waals surface area contributed by atoms with Gasteiger partial charge in [0.15, 0.2) is 0 Å². The van der Waals surface area contributed by atoms with Crippen LogP contribution < -0.4 is 5.73 Å². The monoisotopic (exact) mass is 337 g/mol. The quantitative estimate of drug-likeness (QED) is 0.922. The highest BCUT2D eigenvalue weighted by molar-refractivity contribution is 5.86. The van der Waals surface area contributed by atoms with E-state index in [2.05, 4.69) is 4.90 Å². The molecule has 1 aliphatic carbocycles. The molecule has 4 nitrogen and oxygen atoms in total. The number of nitrogens with two attached hydrogens (primary N) is 1. The van der Waals surface area contributed by atoms with Gasteiger partial charge in [-0.1, -0.05) is 18.9 Å². The van der Waals surface area contributed by atoms with E-state index in [1.165, 1.54) is 12.1 Å². The normalized spacial score (nSPS) is 22.6. The smallest absolute Gasteiger partial charge is 0.242 e. The number of hydrogen-bond acceptors (Lipinski definition) is 3. The molecule has 0 bridgehead atoms. The summed E-state index contributed by atoms with van der Waals surface area (Å²) in [7, 11) is 0. The molecule has 2 aliphatic rings. The maximum Gasteiger partial charge on any atom is 0.242 e. The summed E-state index contributed by atoms with van der Waals surface area (Å²) in [5.41, 5.74) is 6.07. The minimum absolute atomic E-state index is 0.0558. The van der Waals surface area contributed by atoms with E-state index in [1.54, 1.807) is 0 Å². The first-order valence-electron chi connectivity index (χ1n) is 8.68. The van der Waals surface area contributed by atoms with Gasteiger partial charge in [-0.25, -0.2) is 8.78 Å². The van der Waals surface area contributed by atoms with E-state index in [-0.39, 0.29) is 11.9 Å². The zero-order valence-electron chi connectivity index (χ0n) is 14.1. The number of rotatable bonds is 3. The van der Waals surface area contributed by atoms with Gasteiger partial charge in [-0.15, -0.1) is 0 Å². The van der Waals surface area contributed by atoms with Crippen molar-refractivity contribution >= 4 is 5.91 Å². The van der Waals surface area contributed by atoms with Crippen molar-refractivity contribution in [3.63, 3.8) is 0 Å². The van der Waals surface area contributed by atoms with Gasteiger partial charge in [0.25, 0.3) is 0 Å². The first-order chi connectivity index (χ1) is 11.4. The molecule has 1 heterocycles. The van der Waals surface area contributed by atoms with Crippen molar-refractivity contribution in [2.24, 2.45) is 5.73 Å². The second kappa shape index (κ2) is 6.76. The van der Waals surface area contributed by atoms with E-state index >= 15 is 0 Å². The largest absolute Gasteiger partial charge is 0.339 e. The molecular weight excluding hydrogens is 312 g/mol.